The summed E-state index contributed by atoms with van der Waals surface area (Å²) >= 11 is 0. The maximum absolute atomic E-state index is 12.5. The first-order valence-electron chi connectivity index (χ1n) is 3.91. The Balaban J connectivity index is 3.27. The molecule has 0 aromatic carbocycles. The van der Waals surface area contributed by atoms with Crippen molar-refractivity contribution in [1.29, 1.82) is 0 Å². The van der Waals surface area contributed by atoms with E-state index in [1.54, 1.807) is 13.8 Å². The van der Waals surface area contributed by atoms with E-state index in [1.165, 1.54) is 0 Å². The lowest BCUT2D eigenvalue weighted by Gasteiger charge is -2.08. The summed E-state index contributed by atoms with van der Waals surface area (Å²) in [6, 6.07) is -0.348. The maximum Gasteiger partial charge on any atom is 0.358 e. The first-order chi connectivity index (χ1) is 6.45. The molecule has 0 fully saturated rings. The minimum Gasteiger partial charge on any atom is -0.476 e. The molecule has 0 aliphatic rings. The number of carboxylic acids is 1. The average molecular weight is 205 g/mol. The second kappa shape index (κ2) is 3.69. The maximum atomic E-state index is 12.5. The fraction of sp³-hybridized carbons (Fsp3) is 0.571. The van der Waals surface area contributed by atoms with Gasteiger partial charge in [-0.05, 0) is 13.8 Å². The van der Waals surface area contributed by atoms with Gasteiger partial charge in [-0.3, -0.25) is 0 Å². The highest BCUT2D eigenvalue weighted by Gasteiger charge is 2.27. The molecular formula is C7H9F2N3O2. The van der Waals surface area contributed by atoms with E-state index in [2.05, 4.69) is 10.3 Å². The third kappa shape index (κ3) is 1.70. The van der Waals surface area contributed by atoms with Crippen LogP contribution in [0, 0.1) is 0 Å². The molecule has 1 rings (SSSR count). The van der Waals surface area contributed by atoms with Crippen LogP contribution in [0.1, 0.15) is 42.5 Å². The predicted octanol–water partition coefficient (Wildman–Crippen LogP) is 1.49. The van der Waals surface area contributed by atoms with E-state index in [0.717, 1.165) is 4.68 Å². The SMILES string of the molecule is CC(C)n1nnc(C(=O)O)c1C(F)F. The van der Waals surface area contributed by atoms with Crippen LogP contribution in [0.2, 0.25) is 0 Å². The summed E-state index contributed by atoms with van der Waals surface area (Å²) in [7, 11) is 0. The third-order valence-corrected chi connectivity index (χ3v) is 1.63. The second-order valence-corrected chi connectivity index (χ2v) is 2.97. The molecule has 0 bridgehead atoms. The van der Waals surface area contributed by atoms with Crippen molar-refractivity contribution in [3.05, 3.63) is 11.4 Å². The van der Waals surface area contributed by atoms with Crippen LogP contribution in [0.25, 0.3) is 0 Å². The van der Waals surface area contributed by atoms with E-state index in [1.807, 2.05) is 0 Å². The largest absolute Gasteiger partial charge is 0.476 e. The number of alkyl halides is 2. The highest BCUT2D eigenvalue weighted by molar-refractivity contribution is 5.86. The first-order valence-corrected chi connectivity index (χ1v) is 3.91. The molecule has 0 atom stereocenters. The zero-order chi connectivity index (χ0) is 10.9. The summed E-state index contributed by atoms with van der Waals surface area (Å²) in [5.74, 6) is -1.49. The zero-order valence-corrected chi connectivity index (χ0v) is 7.61. The van der Waals surface area contributed by atoms with E-state index in [9.17, 15) is 13.6 Å². The van der Waals surface area contributed by atoms with Crippen LogP contribution < -0.4 is 0 Å². The molecule has 0 saturated heterocycles. The Morgan fingerprint density at radius 1 is 1.50 bits per heavy atom. The van der Waals surface area contributed by atoms with Gasteiger partial charge in [-0.25, -0.2) is 18.3 Å². The van der Waals surface area contributed by atoms with Gasteiger partial charge in [0, 0.05) is 6.04 Å². The quantitative estimate of drug-likeness (QED) is 0.811. The number of rotatable bonds is 3. The fourth-order valence-corrected chi connectivity index (χ4v) is 1.04. The highest BCUT2D eigenvalue weighted by atomic mass is 19.3. The van der Waals surface area contributed by atoms with Gasteiger partial charge in [0.2, 0.25) is 0 Å². The Bertz CT molecular complexity index is 349. The van der Waals surface area contributed by atoms with E-state index in [0.29, 0.717) is 0 Å². The fourth-order valence-electron chi connectivity index (χ4n) is 1.04. The van der Waals surface area contributed by atoms with Gasteiger partial charge in [0.25, 0.3) is 6.43 Å². The number of halogens is 2. The molecule has 0 unspecified atom stereocenters. The van der Waals surface area contributed by atoms with Crippen LogP contribution in [0.4, 0.5) is 8.78 Å². The van der Waals surface area contributed by atoms with Crippen LogP contribution in [-0.2, 0) is 0 Å². The van der Waals surface area contributed by atoms with Gasteiger partial charge >= 0.3 is 5.97 Å². The normalized spacial score (nSPS) is 11.3. The Morgan fingerprint density at radius 2 is 2.07 bits per heavy atom. The first kappa shape index (κ1) is 10.6. The van der Waals surface area contributed by atoms with Gasteiger partial charge < -0.3 is 5.11 Å². The second-order valence-electron chi connectivity index (χ2n) is 2.97. The van der Waals surface area contributed by atoms with E-state index < -0.39 is 23.8 Å². The van der Waals surface area contributed by atoms with Gasteiger partial charge in [0.15, 0.2) is 5.69 Å². The van der Waals surface area contributed by atoms with E-state index in [4.69, 9.17) is 5.11 Å². The molecular weight excluding hydrogens is 196 g/mol. The van der Waals surface area contributed by atoms with Crippen LogP contribution in [0.5, 0.6) is 0 Å². The third-order valence-electron chi connectivity index (χ3n) is 1.63. The van der Waals surface area contributed by atoms with Crippen LogP contribution in [-0.4, -0.2) is 26.1 Å². The van der Waals surface area contributed by atoms with Gasteiger partial charge in [0.05, 0.1) is 0 Å². The molecule has 0 amide bonds. The van der Waals surface area contributed by atoms with Crippen LogP contribution in [0.15, 0.2) is 0 Å². The summed E-state index contributed by atoms with van der Waals surface area (Å²) in [6.07, 6.45) is -2.89. The lowest BCUT2D eigenvalue weighted by Crippen LogP contribution is -2.10. The van der Waals surface area contributed by atoms with Crippen molar-refractivity contribution in [2.45, 2.75) is 26.3 Å². The Labute approximate surface area is 78.3 Å². The Kier molecular flexibility index (Phi) is 2.78. The van der Waals surface area contributed by atoms with Gasteiger partial charge in [-0.2, -0.15) is 0 Å². The van der Waals surface area contributed by atoms with Gasteiger partial charge in [-0.1, -0.05) is 5.21 Å². The zero-order valence-electron chi connectivity index (χ0n) is 7.61. The van der Waals surface area contributed by atoms with Crippen LogP contribution >= 0.6 is 0 Å². The molecule has 0 aliphatic carbocycles. The van der Waals surface area contributed by atoms with Crippen molar-refractivity contribution in [2.24, 2.45) is 0 Å². The minimum atomic E-state index is -2.89. The number of hydrogen-bond donors (Lipinski definition) is 1. The molecule has 0 spiro atoms. The molecule has 0 saturated carbocycles. The van der Waals surface area contributed by atoms with Crippen molar-refractivity contribution in [1.82, 2.24) is 15.0 Å². The van der Waals surface area contributed by atoms with Gasteiger partial charge in [0.1, 0.15) is 5.69 Å². The molecule has 1 aromatic heterocycles. The van der Waals surface area contributed by atoms with E-state index >= 15 is 0 Å². The molecule has 1 aromatic rings. The smallest absolute Gasteiger partial charge is 0.358 e. The number of carboxylic acid groups (broad SMARTS) is 1. The molecule has 0 aliphatic heterocycles. The van der Waals surface area contributed by atoms with Crippen molar-refractivity contribution in [3.8, 4) is 0 Å². The lowest BCUT2D eigenvalue weighted by atomic mass is 10.3. The molecule has 1 heterocycles. The topological polar surface area (TPSA) is 68.0 Å². The van der Waals surface area contributed by atoms with Crippen molar-refractivity contribution in [2.75, 3.05) is 0 Å². The standard InChI is InChI=1S/C7H9F2N3O2/c1-3(2)12-5(6(8)9)4(7(13)14)10-11-12/h3,6H,1-2H3,(H,13,14). The van der Waals surface area contributed by atoms with Crippen LogP contribution in [0.3, 0.4) is 0 Å². The van der Waals surface area contributed by atoms with Crippen molar-refractivity contribution in [3.63, 3.8) is 0 Å². The summed E-state index contributed by atoms with van der Waals surface area (Å²) in [5, 5.41) is 15.1. The monoisotopic (exact) mass is 205 g/mol. The average Bonchev–Trinajstić information content (AvgIpc) is 2.46. The molecule has 1 N–H and O–H groups in total. The number of aromatic carboxylic acids is 1. The predicted molar refractivity (Wildman–Crippen MR) is 42.3 cm³/mol. The number of hydrogen-bond acceptors (Lipinski definition) is 3. The molecule has 7 heteroatoms. The summed E-state index contributed by atoms with van der Waals surface area (Å²) in [4.78, 5) is 10.5. The summed E-state index contributed by atoms with van der Waals surface area (Å²) in [6.45, 7) is 3.23. The Morgan fingerprint density at radius 3 is 2.43 bits per heavy atom. The van der Waals surface area contributed by atoms with Crippen molar-refractivity contribution >= 4 is 5.97 Å². The Hall–Kier alpha value is -1.53. The summed E-state index contributed by atoms with van der Waals surface area (Å²) in [5.41, 5.74) is -1.33. The molecule has 78 valence electrons. The highest BCUT2D eigenvalue weighted by Crippen LogP contribution is 2.23. The van der Waals surface area contributed by atoms with E-state index in [-0.39, 0.29) is 6.04 Å². The number of aromatic nitrogens is 3. The number of carbonyl (C=O) groups is 1. The molecule has 0 radical (unpaired) electrons. The molecule has 14 heavy (non-hydrogen) atoms. The molecule has 5 nitrogen and oxygen atoms in total. The summed E-state index contributed by atoms with van der Waals surface area (Å²) < 4.78 is 25.9. The minimum absolute atomic E-state index is 0.348. The van der Waals surface area contributed by atoms with Gasteiger partial charge in [-0.15, -0.1) is 5.10 Å². The lowest BCUT2D eigenvalue weighted by molar-refractivity contribution is 0.0675. The van der Waals surface area contributed by atoms with Crippen molar-refractivity contribution < 1.29 is 18.7 Å². The number of nitrogens with zero attached hydrogens (tertiary/aromatic N) is 3.